The smallest absolute Gasteiger partial charge is 0.342 e. The molecule has 2 heterocycles. The molecule has 2 aromatic heterocycles. The van der Waals surface area contributed by atoms with Gasteiger partial charge in [-0.25, -0.2) is 9.48 Å². The summed E-state index contributed by atoms with van der Waals surface area (Å²) in [7, 11) is 0. The van der Waals surface area contributed by atoms with Crippen LogP contribution in [0, 0.1) is 20.8 Å². The van der Waals surface area contributed by atoms with Crippen molar-refractivity contribution in [2.75, 3.05) is 5.32 Å². The number of amides is 1. The number of esters is 1. The summed E-state index contributed by atoms with van der Waals surface area (Å²) >= 11 is 0. The molecule has 1 amide bonds. The highest BCUT2D eigenvalue weighted by Crippen LogP contribution is 2.25. The third kappa shape index (κ3) is 4.88. The summed E-state index contributed by atoms with van der Waals surface area (Å²) in [6.45, 7) is 7.43. The highest BCUT2D eigenvalue weighted by molar-refractivity contribution is 6.00. The van der Waals surface area contributed by atoms with Crippen LogP contribution in [0.5, 0.6) is 0 Å². The number of ether oxygens (including phenoxy) is 1. The van der Waals surface area contributed by atoms with Crippen LogP contribution in [0.4, 0.5) is 5.69 Å². The second kappa shape index (κ2) is 9.70. The molecule has 1 unspecified atom stereocenters. The summed E-state index contributed by atoms with van der Waals surface area (Å²) in [5.41, 5.74) is 5.89. The third-order valence-electron chi connectivity index (χ3n) is 5.47. The average Bonchev–Trinajstić information content (AvgIpc) is 3.28. The van der Waals surface area contributed by atoms with Gasteiger partial charge in [0, 0.05) is 29.8 Å². The predicted octanol–water partition coefficient (Wildman–Crippen LogP) is 5.04. The first-order valence-electron chi connectivity index (χ1n) is 11.0. The monoisotopic (exact) mass is 454 g/mol. The molecule has 0 radical (unpaired) electrons. The van der Waals surface area contributed by atoms with Crippen molar-refractivity contribution in [2.24, 2.45) is 0 Å². The van der Waals surface area contributed by atoms with E-state index in [0.29, 0.717) is 11.3 Å². The number of hydrogen-bond donors (Lipinski definition) is 1. The van der Waals surface area contributed by atoms with Crippen LogP contribution in [0.2, 0.25) is 0 Å². The number of para-hydroxylation sites is 1. The van der Waals surface area contributed by atoms with Crippen molar-refractivity contribution in [2.45, 2.75) is 33.8 Å². The molecule has 172 valence electrons. The number of benzene rings is 2. The lowest BCUT2D eigenvalue weighted by Gasteiger charge is -2.17. The molecule has 7 nitrogen and oxygen atoms in total. The third-order valence-corrected chi connectivity index (χ3v) is 5.47. The van der Waals surface area contributed by atoms with Gasteiger partial charge in [0.1, 0.15) is 11.3 Å². The van der Waals surface area contributed by atoms with Gasteiger partial charge in [-0.3, -0.25) is 9.78 Å². The van der Waals surface area contributed by atoms with E-state index in [1.54, 1.807) is 36.3 Å². The minimum absolute atomic E-state index is 0.249. The first-order valence-corrected chi connectivity index (χ1v) is 11.0. The zero-order valence-corrected chi connectivity index (χ0v) is 19.6. The lowest BCUT2D eigenvalue weighted by atomic mass is 10.0. The topological polar surface area (TPSA) is 86.1 Å². The number of aromatic nitrogens is 3. The molecule has 2 aromatic carbocycles. The van der Waals surface area contributed by atoms with Crippen LogP contribution in [0.3, 0.4) is 0 Å². The summed E-state index contributed by atoms with van der Waals surface area (Å²) in [5.74, 6) is -1.04. The Hall–Kier alpha value is -4.26. The Morgan fingerprint density at radius 3 is 2.35 bits per heavy atom. The Bertz CT molecular complexity index is 1310. The van der Waals surface area contributed by atoms with E-state index < -0.39 is 18.0 Å². The number of hydrogen-bond acceptors (Lipinski definition) is 5. The van der Waals surface area contributed by atoms with Crippen molar-refractivity contribution < 1.29 is 14.3 Å². The Labute approximate surface area is 198 Å². The maximum Gasteiger partial charge on any atom is 0.342 e. The van der Waals surface area contributed by atoms with Crippen molar-refractivity contribution in [3.05, 3.63) is 95.4 Å². The van der Waals surface area contributed by atoms with Gasteiger partial charge in [0.25, 0.3) is 5.91 Å². The maximum atomic E-state index is 13.2. The molecule has 0 aliphatic carbocycles. The maximum absolute atomic E-state index is 13.2. The van der Waals surface area contributed by atoms with E-state index in [1.165, 1.54) is 0 Å². The lowest BCUT2D eigenvalue weighted by Crippen LogP contribution is -2.30. The van der Waals surface area contributed by atoms with Crippen LogP contribution in [-0.2, 0) is 9.53 Å². The van der Waals surface area contributed by atoms with Crippen molar-refractivity contribution in [3.8, 4) is 16.9 Å². The van der Waals surface area contributed by atoms with Gasteiger partial charge in [0.05, 0.1) is 5.69 Å². The molecule has 4 rings (SSSR count). The second-order valence-electron chi connectivity index (χ2n) is 8.22. The van der Waals surface area contributed by atoms with Crippen LogP contribution >= 0.6 is 0 Å². The fraction of sp³-hybridized carbons (Fsp3) is 0.185. The SMILES string of the molecule is Cc1cc(C)c(NC(=O)C(C)OC(=O)c2cn(-c3ccccc3)nc2-c2cccnc2)c(C)c1. The van der Waals surface area contributed by atoms with Gasteiger partial charge < -0.3 is 10.1 Å². The Morgan fingerprint density at radius 2 is 1.71 bits per heavy atom. The zero-order valence-electron chi connectivity index (χ0n) is 19.6. The first kappa shape index (κ1) is 22.9. The molecule has 0 spiro atoms. The molecule has 7 heteroatoms. The minimum Gasteiger partial charge on any atom is -0.449 e. The average molecular weight is 455 g/mol. The number of aryl methyl sites for hydroxylation is 3. The number of nitrogens with one attached hydrogen (secondary N) is 1. The van der Waals surface area contributed by atoms with Crippen molar-refractivity contribution >= 4 is 17.6 Å². The van der Waals surface area contributed by atoms with Gasteiger partial charge in [-0.2, -0.15) is 5.10 Å². The summed E-state index contributed by atoms with van der Waals surface area (Å²) in [6, 6.07) is 17.0. The number of carbonyl (C=O) groups excluding carboxylic acids is 2. The summed E-state index contributed by atoms with van der Waals surface area (Å²) in [5, 5.41) is 7.49. The molecule has 0 saturated heterocycles. The van der Waals surface area contributed by atoms with Gasteiger partial charge in [-0.05, 0) is 63.1 Å². The molecular weight excluding hydrogens is 428 g/mol. The molecule has 1 N–H and O–H groups in total. The quantitative estimate of drug-likeness (QED) is 0.412. The van der Waals surface area contributed by atoms with E-state index in [0.717, 1.165) is 28.1 Å². The fourth-order valence-electron chi connectivity index (χ4n) is 3.83. The molecular formula is C27H26N4O3. The lowest BCUT2D eigenvalue weighted by molar-refractivity contribution is -0.123. The van der Waals surface area contributed by atoms with E-state index in [2.05, 4.69) is 15.4 Å². The minimum atomic E-state index is -1.01. The van der Waals surface area contributed by atoms with Crippen LogP contribution in [0.25, 0.3) is 16.9 Å². The fourth-order valence-corrected chi connectivity index (χ4v) is 3.83. The largest absolute Gasteiger partial charge is 0.449 e. The number of anilines is 1. The molecule has 0 saturated carbocycles. The molecule has 0 aliphatic rings. The van der Waals surface area contributed by atoms with Gasteiger partial charge in [0.15, 0.2) is 6.10 Å². The van der Waals surface area contributed by atoms with E-state index >= 15 is 0 Å². The second-order valence-corrected chi connectivity index (χ2v) is 8.22. The molecule has 34 heavy (non-hydrogen) atoms. The van der Waals surface area contributed by atoms with Gasteiger partial charge in [-0.15, -0.1) is 0 Å². The normalized spacial score (nSPS) is 11.6. The van der Waals surface area contributed by atoms with Crippen LogP contribution in [-0.4, -0.2) is 32.7 Å². The van der Waals surface area contributed by atoms with Crippen LogP contribution in [0.1, 0.15) is 34.0 Å². The van der Waals surface area contributed by atoms with Crippen molar-refractivity contribution in [3.63, 3.8) is 0 Å². The summed E-state index contributed by atoms with van der Waals surface area (Å²) in [4.78, 5) is 30.1. The Balaban J connectivity index is 1.59. The van der Waals surface area contributed by atoms with E-state index in [-0.39, 0.29) is 5.56 Å². The number of pyridine rings is 1. The zero-order chi connectivity index (χ0) is 24.2. The molecule has 0 aliphatic heterocycles. The Kier molecular flexibility index (Phi) is 6.54. The highest BCUT2D eigenvalue weighted by Gasteiger charge is 2.25. The highest BCUT2D eigenvalue weighted by atomic mass is 16.5. The summed E-state index contributed by atoms with van der Waals surface area (Å²) < 4.78 is 7.17. The number of carbonyl (C=O) groups is 2. The van der Waals surface area contributed by atoms with Crippen LogP contribution in [0.15, 0.2) is 73.2 Å². The van der Waals surface area contributed by atoms with E-state index in [1.807, 2.05) is 69.3 Å². The van der Waals surface area contributed by atoms with Gasteiger partial charge in [-0.1, -0.05) is 35.9 Å². The van der Waals surface area contributed by atoms with Crippen molar-refractivity contribution in [1.29, 1.82) is 0 Å². The number of rotatable bonds is 6. The Morgan fingerprint density at radius 1 is 1.00 bits per heavy atom. The summed E-state index contributed by atoms with van der Waals surface area (Å²) in [6.07, 6.45) is 3.89. The van der Waals surface area contributed by atoms with Crippen molar-refractivity contribution in [1.82, 2.24) is 14.8 Å². The van der Waals surface area contributed by atoms with E-state index in [9.17, 15) is 9.59 Å². The van der Waals surface area contributed by atoms with Gasteiger partial charge >= 0.3 is 5.97 Å². The van der Waals surface area contributed by atoms with Gasteiger partial charge in [0.2, 0.25) is 0 Å². The first-order chi connectivity index (χ1) is 16.3. The van der Waals surface area contributed by atoms with Crippen LogP contribution < -0.4 is 5.32 Å². The standard InChI is InChI=1S/C27H26N4O3/c1-17-13-18(2)24(19(3)14-17)29-26(32)20(4)34-27(33)23-16-31(22-10-6-5-7-11-22)30-25(23)21-9-8-12-28-15-21/h5-16,20H,1-4H3,(H,29,32). The molecule has 0 bridgehead atoms. The molecule has 1 atom stereocenters. The van der Waals surface area contributed by atoms with E-state index in [4.69, 9.17) is 4.74 Å². The predicted molar refractivity (Wildman–Crippen MR) is 131 cm³/mol. The number of nitrogens with zero attached hydrogens (tertiary/aromatic N) is 3. The molecule has 0 fully saturated rings. The molecule has 4 aromatic rings.